The second-order valence-electron chi connectivity index (χ2n) is 3.62. The van der Waals surface area contributed by atoms with Gasteiger partial charge in [0.25, 0.3) is 0 Å². The van der Waals surface area contributed by atoms with Gasteiger partial charge in [0, 0.05) is 19.2 Å². The summed E-state index contributed by atoms with van der Waals surface area (Å²) in [5.74, 6) is 1.29. The summed E-state index contributed by atoms with van der Waals surface area (Å²) in [6, 6.07) is 9.80. The molecule has 3 nitrogen and oxygen atoms in total. The molecule has 0 atom stereocenters. The van der Waals surface area contributed by atoms with Crippen LogP contribution in [-0.4, -0.2) is 12.0 Å². The molecule has 0 radical (unpaired) electrons. The van der Waals surface area contributed by atoms with Crippen LogP contribution in [0.15, 0.2) is 36.4 Å². The number of nitrogens with one attached hydrogen (secondary N) is 1. The number of hydrogen-bond donors (Lipinski definition) is 1. The molecule has 0 unspecified atom stereocenters. The number of hydrogen-bond acceptors (Lipinski definition) is 3. The van der Waals surface area contributed by atoms with Crippen molar-refractivity contribution < 1.29 is 9.13 Å². The Labute approximate surface area is 99.3 Å². The summed E-state index contributed by atoms with van der Waals surface area (Å²) in [5, 5.41) is 2.91. The van der Waals surface area contributed by atoms with Crippen LogP contribution in [0.1, 0.15) is 5.56 Å². The van der Waals surface area contributed by atoms with E-state index in [1.807, 2.05) is 19.1 Å². The van der Waals surface area contributed by atoms with E-state index in [9.17, 15) is 4.39 Å². The molecule has 1 aromatic heterocycles. The van der Waals surface area contributed by atoms with Crippen molar-refractivity contribution in [1.82, 2.24) is 4.98 Å². The molecule has 88 valence electrons. The Hall–Kier alpha value is -2.10. The highest BCUT2D eigenvalue weighted by Crippen LogP contribution is 2.25. The van der Waals surface area contributed by atoms with E-state index < -0.39 is 0 Å². The third kappa shape index (κ3) is 2.72. The molecule has 0 amide bonds. The van der Waals surface area contributed by atoms with Crippen LogP contribution in [0.25, 0.3) is 0 Å². The van der Waals surface area contributed by atoms with Gasteiger partial charge in [-0.2, -0.15) is 4.98 Å². The summed E-state index contributed by atoms with van der Waals surface area (Å²) in [5.41, 5.74) is 0.864. The third-order valence-electron chi connectivity index (χ3n) is 2.34. The molecule has 0 spiro atoms. The molecule has 17 heavy (non-hydrogen) atoms. The standard InChI is InChI=1S/C13H13FN2O/c1-9-6-7-10(14)8-11(9)17-13-5-3-4-12(15-2)16-13/h3-8H,1-2H3,(H,15,16). The van der Waals surface area contributed by atoms with Gasteiger partial charge < -0.3 is 10.1 Å². The van der Waals surface area contributed by atoms with Gasteiger partial charge in [0.1, 0.15) is 17.4 Å². The highest BCUT2D eigenvalue weighted by molar-refractivity contribution is 5.39. The van der Waals surface area contributed by atoms with Crippen molar-refractivity contribution in [1.29, 1.82) is 0 Å². The van der Waals surface area contributed by atoms with E-state index in [1.54, 1.807) is 19.2 Å². The van der Waals surface area contributed by atoms with E-state index in [1.165, 1.54) is 12.1 Å². The maximum atomic E-state index is 13.1. The monoisotopic (exact) mass is 232 g/mol. The van der Waals surface area contributed by atoms with Gasteiger partial charge in [-0.1, -0.05) is 12.1 Å². The van der Waals surface area contributed by atoms with Crippen LogP contribution in [0.5, 0.6) is 11.6 Å². The zero-order valence-corrected chi connectivity index (χ0v) is 9.70. The molecule has 2 aromatic rings. The normalized spacial score (nSPS) is 10.1. The average Bonchev–Trinajstić information content (AvgIpc) is 2.34. The highest BCUT2D eigenvalue weighted by atomic mass is 19.1. The molecule has 0 aliphatic carbocycles. The van der Waals surface area contributed by atoms with Gasteiger partial charge in [0.05, 0.1) is 0 Å². The van der Waals surface area contributed by atoms with Crippen molar-refractivity contribution in [2.24, 2.45) is 0 Å². The van der Waals surface area contributed by atoms with E-state index in [4.69, 9.17) is 4.74 Å². The topological polar surface area (TPSA) is 34.1 Å². The molecule has 0 bridgehead atoms. The number of aromatic nitrogens is 1. The zero-order chi connectivity index (χ0) is 12.3. The Morgan fingerprint density at radius 1 is 1.24 bits per heavy atom. The molecule has 0 saturated heterocycles. The van der Waals surface area contributed by atoms with E-state index in [0.717, 1.165) is 5.56 Å². The smallest absolute Gasteiger partial charge is 0.221 e. The Kier molecular flexibility index (Phi) is 3.23. The molecule has 1 aromatic carbocycles. The van der Waals surface area contributed by atoms with Crippen molar-refractivity contribution >= 4 is 5.82 Å². The fourth-order valence-electron chi connectivity index (χ4n) is 1.41. The van der Waals surface area contributed by atoms with Crippen molar-refractivity contribution in [2.45, 2.75) is 6.92 Å². The average molecular weight is 232 g/mol. The summed E-state index contributed by atoms with van der Waals surface area (Å²) in [4.78, 5) is 4.20. The van der Waals surface area contributed by atoms with Gasteiger partial charge in [-0.15, -0.1) is 0 Å². The lowest BCUT2D eigenvalue weighted by atomic mass is 10.2. The molecule has 0 saturated carbocycles. The number of pyridine rings is 1. The van der Waals surface area contributed by atoms with Crippen LogP contribution < -0.4 is 10.1 Å². The summed E-state index contributed by atoms with van der Waals surface area (Å²) in [6.07, 6.45) is 0. The lowest BCUT2D eigenvalue weighted by Crippen LogP contribution is -1.95. The second-order valence-corrected chi connectivity index (χ2v) is 3.62. The van der Waals surface area contributed by atoms with E-state index in [0.29, 0.717) is 17.4 Å². The molecule has 1 N–H and O–H groups in total. The van der Waals surface area contributed by atoms with Crippen molar-refractivity contribution in [3.8, 4) is 11.6 Å². The predicted octanol–water partition coefficient (Wildman–Crippen LogP) is 3.36. The molecule has 4 heteroatoms. The number of aryl methyl sites for hydroxylation is 1. The van der Waals surface area contributed by atoms with Gasteiger partial charge in [0.2, 0.25) is 5.88 Å². The van der Waals surface area contributed by atoms with Crippen molar-refractivity contribution in [3.05, 3.63) is 47.8 Å². The zero-order valence-electron chi connectivity index (χ0n) is 9.70. The molecular formula is C13H13FN2O. The summed E-state index contributed by atoms with van der Waals surface area (Å²) < 4.78 is 18.6. The maximum Gasteiger partial charge on any atom is 0.221 e. The minimum Gasteiger partial charge on any atom is -0.439 e. The lowest BCUT2D eigenvalue weighted by molar-refractivity contribution is 0.455. The quantitative estimate of drug-likeness (QED) is 0.881. The van der Waals surface area contributed by atoms with Crippen LogP contribution in [0.2, 0.25) is 0 Å². The van der Waals surface area contributed by atoms with Crippen molar-refractivity contribution in [3.63, 3.8) is 0 Å². The Morgan fingerprint density at radius 2 is 2.06 bits per heavy atom. The number of halogens is 1. The molecule has 0 fully saturated rings. The van der Waals surface area contributed by atoms with Gasteiger partial charge >= 0.3 is 0 Å². The first-order chi connectivity index (χ1) is 8.19. The van der Waals surface area contributed by atoms with Gasteiger partial charge in [-0.25, -0.2) is 4.39 Å². The fraction of sp³-hybridized carbons (Fsp3) is 0.154. The molecule has 0 aliphatic heterocycles. The predicted molar refractivity (Wildman–Crippen MR) is 65.0 cm³/mol. The van der Waals surface area contributed by atoms with E-state index in [2.05, 4.69) is 10.3 Å². The summed E-state index contributed by atoms with van der Waals surface area (Å²) in [6.45, 7) is 1.86. The fourth-order valence-corrected chi connectivity index (χ4v) is 1.41. The summed E-state index contributed by atoms with van der Waals surface area (Å²) >= 11 is 0. The number of ether oxygens (including phenoxy) is 1. The van der Waals surface area contributed by atoms with Crippen LogP contribution in [0.4, 0.5) is 10.2 Å². The largest absolute Gasteiger partial charge is 0.439 e. The summed E-state index contributed by atoms with van der Waals surface area (Å²) in [7, 11) is 1.78. The molecule has 0 aliphatic rings. The van der Waals surface area contributed by atoms with Crippen LogP contribution in [-0.2, 0) is 0 Å². The first-order valence-corrected chi connectivity index (χ1v) is 5.28. The lowest BCUT2D eigenvalue weighted by Gasteiger charge is -2.08. The van der Waals surface area contributed by atoms with Gasteiger partial charge in [-0.05, 0) is 24.6 Å². The Bertz CT molecular complexity index is 529. The molecular weight excluding hydrogens is 219 g/mol. The van der Waals surface area contributed by atoms with Crippen LogP contribution >= 0.6 is 0 Å². The van der Waals surface area contributed by atoms with Gasteiger partial charge in [-0.3, -0.25) is 0 Å². The number of anilines is 1. The molecule has 2 rings (SSSR count). The number of benzene rings is 1. The van der Waals surface area contributed by atoms with Crippen LogP contribution in [0, 0.1) is 12.7 Å². The Morgan fingerprint density at radius 3 is 2.82 bits per heavy atom. The van der Waals surface area contributed by atoms with E-state index in [-0.39, 0.29) is 5.82 Å². The van der Waals surface area contributed by atoms with Crippen molar-refractivity contribution in [2.75, 3.05) is 12.4 Å². The van der Waals surface area contributed by atoms with E-state index >= 15 is 0 Å². The van der Waals surface area contributed by atoms with Crippen LogP contribution in [0.3, 0.4) is 0 Å². The highest BCUT2D eigenvalue weighted by Gasteiger charge is 2.04. The first-order valence-electron chi connectivity index (χ1n) is 5.28. The number of rotatable bonds is 3. The maximum absolute atomic E-state index is 13.1. The Balaban J connectivity index is 2.27. The third-order valence-corrected chi connectivity index (χ3v) is 2.34. The number of nitrogens with zero attached hydrogens (tertiary/aromatic N) is 1. The first kappa shape index (κ1) is 11.4. The minimum absolute atomic E-state index is 0.324. The minimum atomic E-state index is -0.324. The SMILES string of the molecule is CNc1cccc(Oc2cc(F)ccc2C)n1. The van der Waals surface area contributed by atoms with Gasteiger partial charge in [0.15, 0.2) is 0 Å². The molecule has 1 heterocycles. The second kappa shape index (κ2) is 4.82.